The predicted molar refractivity (Wildman–Crippen MR) is 169 cm³/mol. The molecule has 47 heavy (non-hydrogen) atoms. The van der Waals surface area contributed by atoms with E-state index in [2.05, 4.69) is 49.3 Å². The van der Waals surface area contributed by atoms with Gasteiger partial charge in [0, 0.05) is 23.7 Å². The van der Waals surface area contributed by atoms with Gasteiger partial charge in [-0.25, -0.2) is 14.5 Å². The molecule has 3 saturated carbocycles. The number of ether oxygens (including phenoxy) is 4. The molecule has 13 atom stereocenters. The highest BCUT2D eigenvalue weighted by Gasteiger charge is 2.69. The zero-order chi connectivity index (χ0) is 32.3. The third kappa shape index (κ3) is 4.43. The van der Waals surface area contributed by atoms with Gasteiger partial charge >= 0.3 is 0 Å². The standard InChI is InChI=1S/C37H49N3O7/c1-20-6-11-29-21(2)33(44-34-37(29)28(20)13-15-36(4,45-34)46-47-37)43-19-23-18-40(39-38-23)31-17-30-27-9-7-22-16-24(42-5)8-10-25(22)26(27)12-14-35(30,3)32(31)41/h8,10,16,18,20-21,26-31,33-34H,6-7,9,11-15,17,19H2,1-5H3/t20-,21-,26-,27-,28+,29+,30+,31-,33+,34-,35+,36-,37-/m1/s1. The van der Waals surface area contributed by atoms with Gasteiger partial charge in [0.2, 0.25) is 5.79 Å². The number of Topliss-reactive ketones (excluding diaryl/α,β-unsaturated/α-hetero) is 1. The average molecular weight is 648 g/mol. The van der Waals surface area contributed by atoms with E-state index in [0.717, 1.165) is 63.5 Å². The molecule has 4 aliphatic heterocycles. The van der Waals surface area contributed by atoms with E-state index < -0.39 is 24.0 Å². The van der Waals surface area contributed by atoms with Crippen LogP contribution >= 0.6 is 0 Å². The summed E-state index contributed by atoms with van der Waals surface area (Å²) in [5, 5.41) is 8.99. The van der Waals surface area contributed by atoms with Crippen LogP contribution in [0.15, 0.2) is 24.4 Å². The lowest BCUT2D eigenvalue weighted by Gasteiger charge is -2.60. The Kier molecular flexibility index (Phi) is 7.06. The van der Waals surface area contributed by atoms with Crippen LogP contribution in [0.5, 0.6) is 5.75 Å². The average Bonchev–Trinajstić information content (AvgIpc) is 3.56. The molecule has 0 amide bonds. The number of carbonyl (C=O) groups is 1. The van der Waals surface area contributed by atoms with Gasteiger partial charge in [0.05, 0.1) is 19.9 Å². The van der Waals surface area contributed by atoms with Gasteiger partial charge in [0.25, 0.3) is 0 Å². The van der Waals surface area contributed by atoms with Gasteiger partial charge in [0.1, 0.15) is 17.5 Å². The maximum absolute atomic E-state index is 14.1. The smallest absolute Gasteiger partial charge is 0.201 e. The molecule has 4 saturated heterocycles. The van der Waals surface area contributed by atoms with Crippen molar-refractivity contribution in [2.75, 3.05) is 7.11 Å². The van der Waals surface area contributed by atoms with Crippen molar-refractivity contribution in [2.45, 2.75) is 128 Å². The van der Waals surface area contributed by atoms with Gasteiger partial charge in [-0.1, -0.05) is 32.1 Å². The van der Waals surface area contributed by atoms with Gasteiger partial charge in [-0.15, -0.1) is 5.10 Å². The Bertz CT molecular complexity index is 1560. The number of nitrogens with zero attached hydrogens (tertiary/aromatic N) is 3. The van der Waals surface area contributed by atoms with Gasteiger partial charge < -0.3 is 18.9 Å². The van der Waals surface area contributed by atoms with Gasteiger partial charge in [-0.3, -0.25) is 4.79 Å². The van der Waals surface area contributed by atoms with Crippen LogP contribution in [0, 0.1) is 40.9 Å². The van der Waals surface area contributed by atoms with E-state index in [4.69, 9.17) is 28.7 Å². The summed E-state index contributed by atoms with van der Waals surface area (Å²) in [6.45, 7) is 8.92. The monoisotopic (exact) mass is 647 g/mol. The Morgan fingerprint density at radius 1 is 1.02 bits per heavy atom. The molecule has 4 aliphatic carbocycles. The number of rotatable bonds is 5. The third-order valence-electron chi connectivity index (χ3n) is 14.0. The van der Waals surface area contributed by atoms with E-state index in [0.29, 0.717) is 41.1 Å². The maximum atomic E-state index is 14.1. The summed E-state index contributed by atoms with van der Waals surface area (Å²) in [7, 11) is 1.73. The SMILES string of the molecule is COc1ccc2c(c1)CC[C@@H]1[C@@H]2CC[C@]2(C)C(=O)[C@H](n3cc(CO[C@H]4O[C@@H]5O[C@@]6(C)CC[C@H]7[C@H](C)CC[C@@H]([C@H]4C)[C@@]57OO6)nn3)C[C@@H]12. The highest BCUT2D eigenvalue weighted by molar-refractivity contribution is 5.91. The number of methoxy groups -OCH3 is 1. The third-order valence-corrected chi connectivity index (χ3v) is 14.0. The van der Waals surface area contributed by atoms with Crippen LogP contribution in [-0.2, 0) is 41.8 Å². The summed E-state index contributed by atoms with van der Waals surface area (Å²) in [4.78, 5) is 26.3. The fourth-order valence-electron chi connectivity index (χ4n) is 11.5. The molecule has 5 heterocycles. The number of hydrogen-bond donors (Lipinski definition) is 0. The van der Waals surface area contributed by atoms with Crippen molar-refractivity contribution in [1.82, 2.24) is 15.0 Å². The van der Waals surface area contributed by atoms with Crippen LogP contribution in [-0.4, -0.2) is 51.9 Å². The van der Waals surface area contributed by atoms with Crippen molar-refractivity contribution in [3.63, 3.8) is 0 Å². The molecule has 0 N–H and O–H groups in total. The quantitative estimate of drug-likeness (QED) is 0.347. The van der Waals surface area contributed by atoms with E-state index in [-0.39, 0.29) is 29.9 Å². The van der Waals surface area contributed by atoms with Gasteiger partial charge in [-0.2, -0.15) is 0 Å². The van der Waals surface area contributed by atoms with Crippen molar-refractivity contribution in [3.8, 4) is 5.75 Å². The van der Waals surface area contributed by atoms with Crippen LogP contribution < -0.4 is 4.74 Å². The Hall–Kier alpha value is -2.37. The molecule has 10 nitrogen and oxygen atoms in total. The number of fused-ring (bicyclic) bond motifs is 7. The van der Waals surface area contributed by atoms with E-state index in [1.165, 1.54) is 11.1 Å². The number of aryl methyl sites for hydroxylation is 1. The normalized spacial score (nSPS) is 46.6. The molecule has 10 rings (SSSR count). The second-order valence-corrected chi connectivity index (χ2v) is 16.3. The summed E-state index contributed by atoms with van der Waals surface area (Å²) in [5.41, 5.74) is 2.64. The number of hydrogen-bond acceptors (Lipinski definition) is 9. The number of carbonyl (C=O) groups excluding carboxylic acids is 1. The molecular formula is C37H49N3O7. The van der Waals surface area contributed by atoms with E-state index >= 15 is 0 Å². The number of benzene rings is 1. The van der Waals surface area contributed by atoms with Crippen molar-refractivity contribution in [2.24, 2.45) is 40.9 Å². The fourth-order valence-corrected chi connectivity index (χ4v) is 11.5. The molecule has 0 radical (unpaired) electrons. The Balaban J connectivity index is 0.900. The summed E-state index contributed by atoms with van der Waals surface area (Å²) in [5.74, 6) is 2.87. The second-order valence-electron chi connectivity index (χ2n) is 16.3. The molecule has 10 heteroatoms. The zero-order valence-corrected chi connectivity index (χ0v) is 28.4. The highest BCUT2D eigenvalue weighted by atomic mass is 17.3. The summed E-state index contributed by atoms with van der Waals surface area (Å²) in [6, 6.07) is 6.28. The summed E-state index contributed by atoms with van der Waals surface area (Å²) < 4.78 is 26.9. The largest absolute Gasteiger partial charge is 0.497 e. The minimum absolute atomic E-state index is 0.0834. The minimum atomic E-state index is -0.818. The molecule has 0 unspecified atom stereocenters. The van der Waals surface area contributed by atoms with Crippen molar-refractivity contribution in [1.29, 1.82) is 0 Å². The highest BCUT2D eigenvalue weighted by Crippen LogP contribution is 2.62. The molecule has 1 aromatic heterocycles. The Labute approximate surface area is 277 Å². The summed E-state index contributed by atoms with van der Waals surface area (Å²) >= 11 is 0. The first kappa shape index (κ1) is 30.7. The minimum Gasteiger partial charge on any atom is -0.497 e. The van der Waals surface area contributed by atoms with Gasteiger partial charge in [-0.05, 0) is 111 Å². The first-order valence-electron chi connectivity index (χ1n) is 18.1. The van der Waals surface area contributed by atoms with E-state index in [1.54, 1.807) is 7.11 Å². The van der Waals surface area contributed by atoms with Crippen LogP contribution in [0.3, 0.4) is 0 Å². The van der Waals surface area contributed by atoms with Crippen LogP contribution in [0.25, 0.3) is 0 Å². The lowest BCUT2D eigenvalue weighted by molar-refractivity contribution is -0.577. The zero-order valence-electron chi connectivity index (χ0n) is 28.4. The Morgan fingerprint density at radius 3 is 2.74 bits per heavy atom. The lowest BCUT2D eigenvalue weighted by atomic mass is 9.55. The second kappa shape index (κ2) is 10.8. The fraction of sp³-hybridized carbons (Fsp3) is 0.757. The molecule has 7 fully saturated rings. The number of aromatic nitrogens is 3. The van der Waals surface area contributed by atoms with Gasteiger partial charge in [0.15, 0.2) is 24.0 Å². The predicted octanol–water partition coefficient (Wildman–Crippen LogP) is 6.29. The molecule has 2 bridgehead atoms. The molecule has 2 aromatic rings. The molecule has 8 aliphatic rings. The van der Waals surface area contributed by atoms with E-state index in [9.17, 15) is 4.79 Å². The first-order chi connectivity index (χ1) is 22.6. The van der Waals surface area contributed by atoms with Crippen molar-refractivity contribution < 1.29 is 33.5 Å². The molecule has 254 valence electrons. The molecular weight excluding hydrogens is 598 g/mol. The van der Waals surface area contributed by atoms with Crippen molar-refractivity contribution in [3.05, 3.63) is 41.2 Å². The maximum Gasteiger partial charge on any atom is 0.201 e. The number of ketones is 1. The van der Waals surface area contributed by atoms with Crippen LogP contribution in [0.2, 0.25) is 0 Å². The Morgan fingerprint density at radius 2 is 1.89 bits per heavy atom. The van der Waals surface area contributed by atoms with E-state index in [1.807, 2.05) is 17.8 Å². The molecule has 1 aromatic carbocycles. The van der Waals surface area contributed by atoms with Crippen LogP contribution in [0.4, 0.5) is 0 Å². The topological polar surface area (TPSA) is 103 Å². The molecule has 1 spiro atoms. The van der Waals surface area contributed by atoms with Crippen LogP contribution in [0.1, 0.15) is 108 Å². The summed E-state index contributed by atoms with van der Waals surface area (Å²) in [6.07, 6.45) is 9.78. The van der Waals surface area contributed by atoms with Crippen molar-refractivity contribution >= 4 is 5.78 Å². The lowest BCUT2D eigenvalue weighted by Crippen LogP contribution is -2.70. The first-order valence-corrected chi connectivity index (χ1v) is 18.1.